The third-order valence-corrected chi connectivity index (χ3v) is 4.80. The van der Waals surface area contributed by atoms with Gasteiger partial charge in [0.05, 0.1) is 10.8 Å². The van der Waals surface area contributed by atoms with E-state index in [2.05, 4.69) is 5.32 Å². The molecule has 0 radical (unpaired) electrons. The van der Waals surface area contributed by atoms with Crippen molar-refractivity contribution >= 4 is 34.8 Å². The molecule has 1 fully saturated rings. The highest BCUT2D eigenvalue weighted by Crippen LogP contribution is 2.26. The lowest BCUT2D eigenvalue weighted by Gasteiger charge is -2.17. The first kappa shape index (κ1) is 21.0. The molecule has 30 heavy (non-hydrogen) atoms. The van der Waals surface area contributed by atoms with Gasteiger partial charge in [-0.05, 0) is 30.2 Å². The van der Waals surface area contributed by atoms with Crippen LogP contribution in [0.3, 0.4) is 0 Å². The summed E-state index contributed by atoms with van der Waals surface area (Å²) in [5.74, 6) is -2.10. The Kier molecular flexibility index (Phi) is 6.41. The van der Waals surface area contributed by atoms with E-state index in [1.807, 2.05) is 31.2 Å². The minimum atomic E-state index is -0.658. The molecule has 156 valence electrons. The topological polar surface area (TPSA) is 119 Å². The molecule has 1 saturated heterocycles. The molecule has 0 bridgehead atoms. The van der Waals surface area contributed by atoms with E-state index in [0.29, 0.717) is 0 Å². The van der Waals surface area contributed by atoms with Gasteiger partial charge in [-0.3, -0.25) is 24.5 Å². The van der Waals surface area contributed by atoms with Gasteiger partial charge < -0.3 is 15.0 Å². The van der Waals surface area contributed by atoms with Crippen LogP contribution in [0.1, 0.15) is 18.9 Å². The lowest BCUT2D eigenvalue weighted by molar-refractivity contribution is -0.384. The highest BCUT2D eigenvalue weighted by atomic mass is 16.6. The number of aryl methyl sites for hydroxylation is 1. The molecule has 3 rings (SSSR count). The van der Waals surface area contributed by atoms with E-state index in [1.54, 1.807) is 0 Å². The molecule has 2 amide bonds. The van der Waals surface area contributed by atoms with E-state index in [1.165, 1.54) is 29.2 Å². The van der Waals surface area contributed by atoms with Crippen molar-refractivity contribution in [2.24, 2.45) is 5.92 Å². The van der Waals surface area contributed by atoms with Gasteiger partial charge in [0.1, 0.15) is 0 Å². The van der Waals surface area contributed by atoms with Crippen LogP contribution in [0, 0.1) is 16.0 Å². The second-order valence-electron chi connectivity index (χ2n) is 6.89. The SMILES string of the molecule is CCc1ccc(N2C[C@@H](C(=O)OCC(=O)Nc3cccc([N+](=O)[O-])c3)CC2=O)cc1. The van der Waals surface area contributed by atoms with Crippen molar-refractivity contribution in [3.8, 4) is 0 Å². The molecule has 1 heterocycles. The van der Waals surface area contributed by atoms with Crippen molar-refractivity contribution in [3.05, 3.63) is 64.2 Å². The Hall–Kier alpha value is -3.75. The number of carbonyl (C=O) groups is 3. The Bertz CT molecular complexity index is 973. The molecule has 9 nitrogen and oxygen atoms in total. The minimum Gasteiger partial charge on any atom is -0.455 e. The molecule has 0 aliphatic carbocycles. The fourth-order valence-corrected chi connectivity index (χ4v) is 3.18. The van der Waals surface area contributed by atoms with Crippen LogP contribution < -0.4 is 10.2 Å². The van der Waals surface area contributed by atoms with Gasteiger partial charge in [0.25, 0.3) is 11.6 Å². The van der Waals surface area contributed by atoms with Crippen LogP contribution >= 0.6 is 0 Å². The lowest BCUT2D eigenvalue weighted by Crippen LogP contribution is -2.28. The fraction of sp³-hybridized carbons (Fsp3) is 0.286. The first-order chi connectivity index (χ1) is 14.4. The van der Waals surface area contributed by atoms with Gasteiger partial charge in [-0.15, -0.1) is 0 Å². The second kappa shape index (κ2) is 9.17. The van der Waals surface area contributed by atoms with Crippen LogP contribution in [0.4, 0.5) is 17.1 Å². The maximum Gasteiger partial charge on any atom is 0.311 e. The molecule has 0 unspecified atom stereocenters. The van der Waals surface area contributed by atoms with E-state index >= 15 is 0 Å². The van der Waals surface area contributed by atoms with E-state index in [9.17, 15) is 24.5 Å². The number of esters is 1. The smallest absolute Gasteiger partial charge is 0.311 e. The van der Waals surface area contributed by atoms with Crippen LogP contribution in [-0.2, 0) is 25.5 Å². The molecule has 1 aliphatic rings. The number of nitrogens with one attached hydrogen (secondary N) is 1. The number of ether oxygens (including phenoxy) is 1. The third kappa shape index (κ3) is 4.99. The number of amides is 2. The lowest BCUT2D eigenvalue weighted by atomic mass is 10.1. The Morgan fingerprint density at radius 2 is 1.97 bits per heavy atom. The van der Waals surface area contributed by atoms with Crippen molar-refractivity contribution in [2.45, 2.75) is 19.8 Å². The number of hydrogen-bond acceptors (Lipinski definition) is 6. The predicted octanol–water partition coefficient (Wildman–Crippen LogP) is 2.69. The highest BCUT2D eigenvalue weighted by Gasteiger charge is 2.36. The van der Waals surface area contributed by atoms with E-state index in [4.69, 9.17) is 4.74 Å². The third-order valence-electron chi connectivity index (χ3n) is 4.80. The average Bonchev–Trinajstić information content (AvgIpc) is 3.14. The molecule has 1 aliphatic heterocycles. The first-order valence-corrected chi connectivity index (χ1v) is 9.47. The summed E-state index contributed by atoms with van der Waals surface area (Å²) in [6, 6.07) is 13.0. The number of rotatable bonds is 7. The second-order valence-corrected chi connectivity index (χ2v) is 6.89. The van der Waals surface area contributed by atoms with Crippen LogP contribution in [0.5, 0.6) is 0 Å². The number of nitrogens with zero attached hydrogens (tertiary/aromatic N) is 2. The molecule has 1 atom stereocenters. The van der Waals surface area contributed by atoms with Crippen LogP contribution in [0.15, 0.2) is 48.5 Å². The van der Waals surface area contributed by atoms with Gasteiger partial charge in [0.2, 0.25) is 5.91 Å². The largest absolute Gasteiger partial charge is 0.455 e. The molecule has 2 aromatic rings. The minimum absolute atomic E-state index is 0.0147. The van der Waals surface area contributed by atoms with Crippen LogP contribution in [0.2, 0.25) is 0 Å². The highest BCUT2D eigenvalue weighted by molar-refractivity contribution is 6.00. The monoisotopic (exact) mass is 411 g/mol. The Balaban J connectivity index is 1.52. The number of nitro groups is 1. The summed E-state index contributed by atoms with van der Waals surface area (Å²) in [5, 5.41) is 13.2. The zero-order valence-electron chi connectivity index (χ0n) is 16.4. The Labute approximate surface area is 172 Å². The van der Waals surface area contributed by atoms with E-state index in [-0.39, 0.29) is 30.2 Å². The zero-order valence-corrected chi connectivity index (χ0v) is 16.4. The molecular weight excluding hydrogens is 390 g/mol. The number of non-ortho nitro benzene ring substituents is 1. The number of carbonyl (C=O) groups excluding carboxylic acids is 3. The molecule has 9 heteroatoms. The molecule has 0 spiro atoms. The van der Waals surface area contributed by atoms with Crippen molar-refractivity contribution < 1.29 is 24.0 Å². The predicted molar refractivity (Wildman–Crippen MR) is 109 cm³/mol. The maximum atomic E-state index is 12.3. The summed E-state index contributed by atoms with van der Waals surface area (Å²) in [6.45, 7) is 1.68. The standard InChI is InChI=1S/C21H21N3O6/c1-2-14-6-8-17(9-7-14)23-12-15(10-20(23)26)21(27)30-13-19(25)22-16-4-3-5-18(11-16)24(28)29/h3-9,11,15H,2,10,12-13H2,1H3,(H,22,25)/t15-/m0/s1. The maximum absolute atomic E-state index is 12.3. The van der Waals surface area contributed by atoms with Gasteiger partial charge in [0, 0.05) is 36.5 Å². The summed E-state index contributed by atoms with van der Waals surface area (Å²) >= 11 is 0. The fourth-order valence-electron chi connectivity index (χ4n) is 3.18. The summed E-state index contributed by atoms with van der Waals surface area (Å²) < 4.78 is 5.04. The van der Waals surface area contributed by atoms with Crippen molar-refractivity contribution in [3.63, 3.8) is 0 Å². The Morgan fingerprint density at radius 1 is 1.23 bits per heavy atom. The van der Waals surface area contributed by atoms with Crippen LogP contribution in [0.25, 0.3) is 0 Å². The number of benzene rings is 2. The van der Waals surface area contributed by atoms with Crippen molar-refractivity contribution in [1.82, 2.24) is 0 Å². The molecule has 1 N–H and O–H groups in total. The van der Waals surface area contributed by atoms with Gasteiger partial charge in [-0.1, -0.05) is 25.1 Å². The summed E-state index contributed by atoms with van der Waals surface area (Å²) in [6.07, 6.45) is 0.905. The summed E-state index contributed by atoms with van der Waals surface area (Å²) in [4.78, 5) is 48.3. The van der Waals surface area contributed by atoms with E-state index in [0.717, 1.165) is 17.7 Å². The van der Waals surface area contributed by atoms with Gasteiger partial charge in [-0.25, -0.2) is 0 Å². The summed E-state index contributed by atoms with van der Waals surface area (Å²) in [5.41, 5.74) is 1.93. The van der Waals surface area contributed by atoms with Gasteiger partial charge >= 0.3 is 5.97 Å². The first-order valence-electron chi connectivity index (χ1n) is 9.47. The van der Waals surface area contributed by atoms with Gasteiger partial charge in [-0.2, -0.15) is 0 Å². The summed E-state index contributed by atoms with van der Waals surface area (Å²) in [7, 11) is 0. The van der Waals surface area contributed by atoms with Crippen molar-refractivity contribution in [1.29, 1.82) is 0 Å². The molecule has 0 aromatic heterocycles. The van der Waals surface area contributed by atoms with Crippen LogP contribution in [-0.4, -0.2) is 35.9 Å². The number of hydrogen-bond donors (Lipinski definition) is 1. The number of nitro benzene ring substituents is 1. The number of anilines is 2. The normalized spacial score (nSPS) is 15.7. The molecule has 2 aromatic carbocycles. The van der Waals surface area contributed by atoms with Gasteiger partial charge in [0.15, 0.2) is 6.61 Å². The van der Waals surface area contributed by atoms with E-state index < -0.39 is 29.3 Å². The quantitative estimate of drug-likeness (QED) is 0.425. The molecule has 0 saturated carbocycles. The molecular formula is C21H21N3O6. The average molecular weight is 411 g/mol. The Morgan fingerprint density at radius 3 is 2.63 bits per heavy atom. The zero-order chi connectivity index (χ0) is 21.7. The van der Waals surface area contributed by atoms with Crippen molar-refractivity contribution in [2.75, 3.05) is 23.4 Å².